The highest BCUT2D eigenvalue weighted by molar-refractivity contribution is 7.86. The number of benzene rings is 2. The maximum absolute atomic E-state index is 12.4. The van der Waals surface area contributed by atoms with E-state index in [4.69, 9.17) is 13.7 Å². The van der Waals surface area contributed by atoms with Crippen LogP contribution >= 0.6 is 0 Å². The molecule has 0 radical (unpaired) electrons. The van der Waals surface area contributed by atoms with E-state index < -0.39 is 10.1 Å². The average molecular weight is 346 g/mol. The lowest BCUT2D eigenvalue weighted by Crippen LogP contribution is -2.05. The van der Waals surface area contributed by atoms with Crippen LogP contribution in [-0.4, -0.2) is 27.6 Å². The van der Waals surface area contributed by atoms with Gasteiger partial charge in [0.1, 0.15) is 17.2 Å². The molecule has 0 aliphatic carbocycles. The third-order valence-corrected chi connectivity index (χ3v) is 3.78. The fourth-order valence-corrected chi connectivity index (χ4v) is 2.73. The molecule has 2 aromatic carbocycles. The Morgan fingerprint density at radius 2 is 1.88 bits per heavy atom. The van der Waals surface area contributed by atoms with Gasteiger partial charge in [-0.25, -0.2) is 0 Å². The molecule has 7 heteroatoms. The summed E-state index contributed by atoms with van der Waals surface area (Å²) in [6, 6.07) is 11.4. The molecule has 0 N–H and O–H groups in total. The van der Waals surface area contributed by atoms with Crippen LogP contribution < -0.4 is 13.7 Å². The van der Waals surface area contributed by atoms with Gasteiger partial charge < -0.3 is 13.7 Å². The van der Waals surface area contributed by atoms with Crippen LogP contribution in [0.25, 0.3) is 6.08 Å². The maximum Gasteiger partial charge on any atom is 0.306 e. The van der Waals surface area contributed by atoms with Gasteiger partial charge >= 0.3 is 10.1 Å². The molecule has 0 saturated carbocycles. The summed E-state index contributed by atoms with van der Waals surface area (Å²) in [5.41, 5.74) is 1.10. The Labute approximate surface area is 139 Å². The van der Waals surface area contributed by atoms with E-state index >= 15 is 0 Å². The van der Waals surface area contributed by atoms with Gasteiger partial charge in [0.15, 0.2) is 5.76 Å². The SMILES string of the molecule is COc1cccc(/C=C2/Oc3cc(OS(C)(=O)=O)ccc3C2=O)c1. The zero-order chi connectivity index (χ0) is 17.3. The normalized spacial score (nSPS) is 15.1. The largest absolute Gasteiger partial charge is 0.497 e. The highest BCUT2D eigenvalue weighted by Gasteiger charge is 2.28. The number of methoxy groups -OCH3 is 1. The number of ketones is 1. The van der Waals surface area contributed by atoms with Gasteiger partial charge in [0.25, 0.3) is 0 Å². The zero-order valence-electron chi connectivity index (χ0n) is 13.0. The van der Waals surface area contributed by atoms with Gasteiger partial charge in [-0.1, -0.05) is 12.1 Å². The first-order chi connectivity index (χ1) is 11.4. The quantitative estimate of drug-likeness (QED) is 0.625. The summed E-state index contributed by atoms with van der Waals surface area (Å²) in [6.07, 6.45) is 2.54. The Morgan fingerprint density at radius 1 is 1.08 bits per heavy atom. The molecule has 1 heterocycles. The topological polar surface area (TPSA) is 78.9 Å². The number of hydrogen-bond donors (Lipinski definition) is 0. The second-order valence-electron chi connectivity index (χ2n) is 5.16. The Balaban J connectivity index is 1.91. The smallest absolute Gasteiger partial charge is 0.306 e. The van der Waals surface area contributed by atoms with E-state index in [-0.39, 0.29) is 23.0 Å². The zero-order valence-corrected chi connectivity index (χ0v) is 13.8. The molecule has 6 nitrogen and oxygen atoms in total. The monoisotopic (exact) mass is 346 g/mol. The lowest BCUT2D eigenvalue weighted by molar-refractivity contribution is 0.101. The number of rotatable bonds is 4. The number of hydrogen-bond acceptors (Lipinski definition) is 6. The summed E-state index contributed by atoms with van der Waals surface area (Å²) in [7, 11) is -2.09. The number of Topliss-reactive ketones (excluding diaryl/α,β-unsaturated/α-hetero) is 1. The first-order valence-electron chi connectivity index (χ1n) is 6.97. The molecule has 124 valence electrons. The van der Waals surface area contributed by atoms with Gasteiger partial charge in [0, 0.05) is 6.07 Å². The van der Waals surface area contributed by atoms with Crippen molar-refractivity contribution in [3.05, 3.63) is 59.4 Å². The summed E-state index contributed by atoms with van der Waals surface area (Å²) < 4.78 is 37.8. The summed E-state index contributed by atoms with van der Waals surface area (Å²) in [4.78, 5) is 12.4. The van der Waals surface area contributed by atoms with E-state index in [1.165, 1.54) is 18.2 Å². The Bertz CT molecular complexity index is 943. The number of ether oxygens (including phenoxy) is 2. The number of carbonyl (C=O) groups is 1. The van der Waals surface area contributed by atoms with Crippen LogP contribution in [0.4, 0.5) is 0 Å². The van der Waals surface area contributed by atoms with Crippen LogP contribution in [0, 0.1) is 0 Å². The van der Waals surface area contributed by atoms with Gasteiger partial charge in [-0.3, -0.25) is 4.79 Å². The van der Waals surface area contributed by atoms with Crippen LogP contribution in [-0.2, 0) is 10.1 Å². The third-order valence-electron chi connectivity index (χ3n) is 3.28. The fourth-order valence-electron chi connectivity index (χ4n) is 2.28. The first-order valence-corrected chi connectivity index (χ1v) is 8.79. The van der Waals surface area contributed by atoms with Crippen LogP contribution in [0.5, 0.6) is 17.2 Å². The third kappa shape index (κ3) is 3.41. The van der Waals surface area contributed by atoms with Crippen molar-refractivity contribution >= 4 is 22.0 Å². The number of allylic oxidation sites excluding steroid dienone is 1. The van der Waals surface area contributed by atoms with E-state index in [9.17, 15) is 13.2 Å². The average Bonchev–Trinajstić information content (AvgIpc) is 2.81. The minimum Gasteiger partial charge on any atom is -0.497 e. The van der Waals surface area contributed by atoms with Crippen LogP contribution in [0.1, 0.15) is 15.9 Å². The standard InChI is InChI=1S/C17H14O6S/c1-21-12-5-3-4-11(8-12)9-16-17(18)14-7-6-13(10-15(14)22-16)23-24(2,19)20/h3-10H,1-2H3/b16-9+. The lowest BCUT2D eigenvalue weighted by Gasteiger charge is -2.04. The molecule has 0 unspecified atom stereocenters. The molecule has 0 saturated heterocycles. The van der Waals surface area contributed by atoms with E-state index in [2.05, 4.69) is 0 Å². The molecular weight excluding hydrogens is 332 g/mol. The van der Waals surface area contributed by atoms with Crippen molar-refractivity contribution in [2.75, 3.05) is 13.4 Å². The number of fused-ring (bicyclic) bond motifs is 1. The Morgan fingerprint density at radius 3 is 2.58 bits per heavy atom. The highest BCUT2D eigenvalue weighted by Crippen LogP contribution is 2.35. The van der Waals surface area contributed by atoms with E-state index in [0.717, 1.165) is 11.8 Å². The van der Waals surface area contributed by atoms with Crippen molar-refractivity contribution in [3.63, 3.8) is 0 Å². The van der Waals surface area contributed by atoms with Gasteiger partial charge in [-0.2, -0.15) is 8.42 Å². The van der Waals surface area contributed by atoms with Crippen molar-refractivity contribution in [2.24, 2.45) is 0 Å². The molecule has 0 amide bonds. The van der Waals surface area contributed by atoms with Crippen molar-refractivity contribution in [3.8, 4) is 17.2 Å². The van der Waals surface area contributed by atoms with Crippen LogP contribution in [0.15, 0.2) is 48.2 Å². The summed E-state index contributed by atoms with van der Waals surface area (Å²) >= 11 is 0. The molecular formula is C17H14O6S. The summed E-state index contributed by atoms with van der Waals surface area (Å²) in [5, 5.41) is 0. The second-order valence-corrected chi connectivity index (χ2v) is 6.74. The molecule has 1 aliphatic rings. The van der Waals surface area contributed by atoms with Crippen molar-refractivity contribution < 1.29 is 26.9 Å². The predicted molar refractivity (Wildman–Crippen MR) is 87.8 cm³/mol. The van der Waals surface area contributed by atoms with E-state index in [1.54, 1.807) is 31.4 Å². The molecule has 0 atom stereocenters. The molecule has 1 aliphatic heterocycles. The molecule has 0 fully saturated rings. The summed E-state index contributed by atoms with van der Waals surface area (Å²) in [5.74, 6) is 0.881. The second kappa shape index (κ2) is 6.01. The van der Waals surface area contributed by atoms with Crippen molar-refractivity contribution in [2.45, 2.75) is 0 Å². The lowest BCUT2D eigenvalue weighted by atomic mass is 10.1. The fraction of sp³-hybridized carbons (Fsp3) is 0.118. The molecule has 2 aromatic rings. The molecule has 0 spiro atoms. The highest BCUT2D eigenvalue weighted by atomic mass is 32.2. The van der Waals surface area contributed by atoms with Crippen molar-refractivity contribution in [1.29, 1.82) is 0 Å². The van der Waals surface area contributed by atoms with E-state index in [0.29, 0.717) is 11.3 Å². The minimum absolute atomic E-state index is 0.0895. The van der Waals surface area contributed by atoms with Crippen LogP contribution in [0.2, 0.25) is 0 Å². The van der Waals surface area contributed by atoms with Crippen LogP contribution in [0.3, 0.4) is 0 Å². The maximum atomic E-state index is 12.4. The van der Waals surface area contributed by atoms with Gasteiger partial charge in [0.2, 0.25) is 5.78 Å². The van der Waals surface area contributed by atoms with Gasteiger partial charge in [0.05, 0.1) is 18.9 Å². The molecule has 3 rings (SSSR count). The van der Waals surface area contributed by atoms with Gasteiger partial charge in [-0.15, -0.1) is 0 Å². The molecule has 0 aromatic heterocycles. The minimum atomic E-state index is -3.65. The first kappa shape index (κ1) is 16.1. The molecule has 24 heavy (non-hydrogen) atoms. The Kier molecular flexibility index (Phi) is 4.02. The van der Waals surface area contributed by atoms with Gasteiger partial charge in [-0.05, 0) is 35.9 Å². The molecule has 0 bridgehead atoms. The Hall–Kier alpha value is -2.80. The number of carbonyl (C=O) groups excluding carboxylic acids is 1. The van der Waals surface area contributed by atoms with Crippen molar-refractivity contribution in [1.82, 2.24) is 0 Å². The van der Waals surface area contributed by atoms with E-state index in [1.807, 2.05) is 6.07 Å². The predicted octanol–water partition coefficient (Wildman–Crippen LogP) is 2.65. The summed E-state index contributed by atoms with van der Waals surface area (Å²) in [6.45, 7) is 0.